The summed E-state index contributed by atoms with van der Waals surface area (Å²) >= 11 is 0. The fourth-order valence-electron chi connectivity index (χ4n) is 1.86. The molecule has 0 saturated heterocycles. The molecule has 0 saturated carbocycles. The van der Waals surface area contributed by atoms with Crippen molar-refractivity contribution in [3.05, 3.63) is 29.3 Å². The monoisotopic (exact) mass is 302 g/mol. The second-order valence-electron chi connectivity index (χ2n) is 5.61. The topological polar surface area (TPSA) is 44.7 Å². The summed E-state index contributed by atoms with van der Waals surface area (Å²) in [5, 5.41) is 12.4. The van der Waals surface area contributed by atoms with Gasteiger partial charge in [0.15, 0.2) is 0 Å². The number of methoxy groups -OCH3 is 1. The number of anilines is 1. The highest BCUT2D eigenvalue weighted by atomic mass is 19.1. The summed E-state index contributed by atoms with van der Waals surface area (Å²) in [5.74, 6) is -1.27. The van der Waals surface area contributed by atoms with Crippen LogP contribution in [-0.4, -0.2) is 44.6 Å². The number of halogens is 2. The SMILES string of the molecule is COCCNCc1cc(F)c(N(C)C(C)(C)CO)c(F)c1. The van der Waals surface area contributed by atoms with Crippen molar-refractivity contribution in [1.29, 1.82) is 0 Å². The lowest BCUT2D eigenvalue weighted by Gasteiger charge is -2.36. The smallest absolute Gasteiger partial charge is 0.149 e. The van der Waals surface area contributed by atoms with Crippen molar-refractivity contribution in [3.63, 3.8) is 0 Å². The summed E-state index contributed by atoms with van der Waals surface area (Å²) in [4.78, 5) is 1.42. The van der Waals surface area contributed by atoms with E-state index in [0.717, 1.165) is 0 Å². The molecule has 0 aliphatic rings. The maximum atomic E-state index is 14.2. The zero-order valence-electron chi connectivity index (χ0n) is 13.0. The summed E-state index contributed by atoms with van der Waals surface area (Å²) in [6.07, 6.45) is 0. The van der Waals surface area contributed by atoms with Crippen LogP contribution >= 0.6 is 0 Å². The lowest BCUT2D eigenvalue weighted by molar-refractivity contribution is 0.199. The minimum atomic E-state index is -0.750. The van der Waals surface area contributed by atoms with Crippen LogP contribution in [0.25, 0.3) is 0 Å². The highest BCUT2D eigenvalue weighted by Crippen LogP contribution is 2.29. The van der Waals surface area contributed by atoms with E-state index >= 15 is 0 Å². The Balaban J connectivity index is 2.90. The Hall–Kier alpha value is -1.24. The van der Waals surface area contributed by atoms with E-state index in [1.807, 2.05) is 0 Å². The number of hydrogen-bond donors (Lipinski definition) is 2. The molecular weight excluding hydrogens is 278 g/mol. The van der Waals surface area contributed by atoms with Crippen LogP contribution in [0.3, 0.4) is 0 Å². The van der Waals surface area contributed by atoms with E-state index in [2.05, 4.69) is 5.32 Å². The first-order valence-corrected chi connectivity index (χ1v) is 6.85. The minimum absolute atomic E-state index is 0.130. The van der Waals surface area contributed by atoms with E-state index in [1.54, 1.807) is 28.0 Å². The number of ether oxygens (including phenoxy) is 1. The highest BCUT2D eigenvalue weighted by Gasteiger charge is 2.27. The summed E-state index contributed by atoms with van der Waals surface area (Å²) in [5.41, 5.74) is -0.352. The first-order chi connectivity index (χ1) is 9.83. The number of benzene rings is 1. The largest absolute Gasteiger partial charge is 0.394 e. The van der Waals surface area contributed by atoms with Crippen molar-refractivity contribution in [2.24, 2.45) is 0 Å². The Bertz CT molecular complexity index is 444. The van der Waals surface area contributed by atoms with E-state index < -0.39 is 17.2 Å². The molecule has 1 aromatic carbocycles. The third-order valence-electron chi connectivity index (χ3n) is 3.52. The van der Waals surface area contributed by atoms with E-state index in [4.69, 9.17) is 4.74 Å². The maximum absolute atomic E-state index is 14.2. The lowest BCUT2D eigenvalue weighted by atomic mass is 10.0. The molecule has 0 spiro atoms. The Morgan fingerprint density at radius 1 is 1.29 bits per heavy atom. The molecule has 0 aliphatic carbocycles. The molecule has 0 radical (unpaired) electrons. The number of likely N-dealkylation sites (N-methyl/N-ethyl adjacent to an activating group) is 1. The van der Waals surface area contributed by atoms with Crippen molar-refractivity contribution < 1.29 is 18.6 Å². The van der Waals surface area contributed by atoms with Crippen molar-refractivity contribution >= 4 is 5.69 Å². The second kappa shape index (κ2) is 7.68. The summed E-state index contributed by atoms with van der Waals surface area (Å²) in [7, 11) is 3.16. The van der Waals surface area contributed by atoms with Crippen molar-refractivity contribution in [1.82, 2.24) is 5.32 Å². The van der Waals surface area contributed by atoms with E-state index in [9.17, 15) is 13.9 Å². The zero-order valence-corrected chi connectivity index (χ0v) is 13.0. The fraction of sp³-hybridized carbons (Fsp3) is 0.600. The molecule has 4 nitrogen and oxygen atoms in total. The third-order valence-corrected chi connectivity index (χ3v) is 3.52. The molecule has 2 N–H and O–H groups in total. The van der Waals surface area contributed by atoms with Gasteiger partial charge in [0, 0.05) is 27.2 Å². The van der Waals surface area contributed by atoms with Crippen LogP contribution in [0.1, 0.15) is 19.4 Å². The predicted molar refractivity (Wildman–Crippen MR) is 79.5 cm³/mol. The van der Waals surface area contributed by atoms with E-state index in [-0.39, 0.29) is 12.3 Å². The summed E-state index contributed by atoms with van der Waals surface area (Å²) in [6.45, 7) is 4.74. The molecule has 0 amide bonds. The van der Waals surface area contributed by atoms with Crippen LogP contribution in [0.2, 0.25) is 0 Å². The lowest BCUT2D eigenvalue weighted by Crippen LogP contribution is -2.45. The highest BCUT2D eigenvalue weighted by molar-refractivity contribution is 5.52. The van der Waals surface area contributed by atoms with Crippen LogP contribution in [0, 0.1) is 11.6 Å². The third kappa shape index (κ3) is 4.62. The molecule has 0 fully saturated rings. The van der Waals surface area contributed by atoms with Crippen molar-refractivity contribution in [2.45, 2.75) is 25.9 Å². The molecule has 0 aromatic heterocycles. The minimum Gasteiger partial charge on any atom is -0.394 e. The average Bonchev–Trinajstić information content (AvgIpc) is 2.42. The Morgan fingerprint density at radius 3 is 2.33 bits per heavy atom. The van der Waals surface area contributed by atoms with Gasteiger partial charge < -0.3 is 20.1 Å². The maximum Gasteiger partial charge on any atom is 0.149 e. The zero-order chi connectivity index (χ0) is 16.0. The van der Waals surface area contributed by atoms with Gasteiger partial charge in [0.05, 0.1) is 18.8 Å². The van der Waals surface area contributed by atoms with Gasteiger partial charge in [-0.05, 0) is 31.5 Å². The Labute approximate surface area is 124 Å². The summed E-state index contributed by atoms with van der Waals surface area (Å²) in [6, 6.07) is 2.62. The number of hydrogen-bond acceptors (Lipinski definition) is 4. The molecule has 1 rings (SSSR count). The van der Waals surface area contributed by atoms with Crippen LogP contribution in [0.5, 0.6) is 0 Å². The second-order valence-corrected chi connectivity index (χ2v) is 5.61. The van der Waals surface area contributed by atoms with Gasteiger partial charge in [-0.2, -0.15) is 0 Å². The standard InChI is InChI=1S/C15H24F2N2O2/c1-15(2,10-20)19(3)14-12(16)7-11(8-13(14)17)9-18-5-6-21-4/h7-8,18,20H,5-6,9-10H2,1-4H3. The molecule has 21 heavy (non-hydrogen) atoms. The van der Waals surface area contributed by atoms with Crippen LogP contribution in [-0.2, 0) is 11.3 Å². The molecule has 1 aromatic rings. The van der Waals surface area contributed by atoms with Gasteiger partial charge >= 0.3 is 0 Å². The van der Waals surface area contributed by atoms with E-state index in [1.165, 1.54) is 17.0 Å². The van der Waals surface area contributed by atoms with Crippen LogP contribution < -0.4 is 10.2 Å². The molecule has 0 heterocycles. The molecule has 0 unspecified atom stereocenters. The molecule has 6 heteroatoms. The summed E-state index contributed by atoms with van der Waals surface area (Å²) < 4.78 is 33.3. The molecule has 120 valence electrons. The predicted octanol–water partition coefficient (Wildman–Crippen LogP) is 1.91. The Kier molecular flexibility index (Phi) is 6.51. The van der Waals surface area contributed by atoms with Gasteiger partial charge in [-0.1, -0.05) is 0 Å². The normalized spacial score (nSPS) is 11.8. The molecule has 0 bridgehead atoms. The molecular formula is C15H24F2N2O2. The van der Waals surface area contributed by atoms with Crippen LogP contribution in [0.4, 0.5) is 14.5 Å². The molecule has 0 aliphatic heterocycles. The van der Waals surface area contributed by atoms with Crippen molar-refractivity contribution in [2.75, 3.05) is 38.8 Å². The first kappa shape index (κ1) is 17.8. The number of nitrogens with one attached hydrogen (secondary N) is 1. The number of aliphatic hydroxyl groups excluding tert-OH is 1. The van der Waals surface area contributed by atoms with Gasteiger partial charge in [0.1, 0.15) is 17.3 Å². The molecule has 0 atom stereocenters. The fourth-order valence-corrected chi connectivity index (χ4v) is 1.86. The number of rotatable bonds is 8. The first-order valence-electron chi connectivity index (χ1n) is 6.85. The van der Waals surface area contributed by atoms with Gasteiger partial charge in [-0.15, -0.1) is 0 Å². The van der Waals surface area contributed by atoms with E-state index in [0.29, 0.717) is 25.3 Å². The van der Waals surface area contributed by atoms with Gasteiger partial charge in [-0.25, -0.2) is 8.78 Å². The number of aliphatic hydroxyl groups is 1. The van der Waals surface area contributed by atoms with Gasteiger partial charge in [0.25, 0.3) is 0 Å². The van der Waals surface area contributed by atoms with Crippen molar-refractivity contribution in [3.8, 4) is 0 Å². The average molecular weight is 302 g/mol. The van der Waals surface area contributed by atoms with Gasteiger partial charge in [-0.3, -0.25) is 0 Å². The number of nitrogens with zero attached hydrogens (tertiary/aromatic N) is 1. The van der Waals surface area contributed by atoms with Crippen LogP contribution in [0.15, 0.2) is 12.1 Å². The Morgan fingerprint density at radius 2 is 1.86 bits per heavy atom. The quantitative estimate of drug-likeness (QED) is 0.720. The van der Waals surface area contributed by atoms with Gasteiger partial charge in [0.2, 0.25) is 0 Å².